The molecule has 27 heavy (non-hydrogen) atoms. The number of carbonyl (C=O) groups is 1. The maximum Gasteiger partial charge on any atom is 0.269 e. The van der Waals surface area contributed by atoms with Crippen LogP contribution >= 0.6 is 0 Å². The van der Waals surface area contributed by atoms with Crippen molar-refractivity contribution in [1.29, 1.82) is 0 Å². The molecule has 0 radical (unpaired) electrons. The molecule has 1 aliphatic heterocycles. The third-order valence-corrected chi connectivity index (χ3v) is 5.06. The van der Waals surface area contributed by atoms with Crippen LogP contribution in [-0.4, -0.2) is 40.0 Å². The molecule has 4 rings (SSSR count). The summed E-state index contributed by atoms with van der Waals surface area (Å²) >= 11 is 0. The number of piperidine rings is 1. The second kappa shape index (κ2) is 8.22. The molecule has 1 unspecified atom stereocenters. The first kappa shape index (κ1) is 17.5. The Morgan fingerprint density at radius 2 is 1.93 bits per heavy atom. The van der Waals surface area contributed by atoms with E-state index in [4.69, 9.17) is 4.42 Å². The molecule has 1 saturated heterocycles. The van der Waals surface area contributed by atoms with E-state index in [-0.39, 0.29) is 11.9 Å². The number of nitrogens with zero attached hydrogens (tertiary/aromatic N) is 3. The van der Waals surface area contributed by atoms with Crippen molar-refractivity contribution in [2.75, 3.05) is 19.6 Å². The number of benzene rings is 1. The van der Waals surface area contributed by atoms with E-state index in [1.165, 1.54) is 19.3 Å². The minimum atomic E-state index is -0.134. The molecule has 3 aromatic rings. The van der Waals surface area contributed by atoms with Crippen LogP contribution in [0.2, 0.25) is 0 Å². The Morgan fingerprint density at radius 1 is 1.11 bits per heavy atom. The lowest BCUT2D eigenvalue weighted by Gasteiger charge is -2.33. The Bertz CT molecular complexity index is 851. The van der Waals surface area contributed by atoms with Crippen LogP contribution in [0.5, 0.6) is 0 Å². The monoisotopic (exact) mass is 364 g/mol. The molecule has 0 bridgehead atoms. The summed E-state index contributed by atoms with van der Waals surface area (Å²) in [4.78, 5) is 19.4. The molecule has 1 fully saturated rings. The zero-order valence-electron chi connectivity index (χ0n) is 15.3. The summed E-state index contributed by atoms with van der Waals surface area (Å²) < 4.78 is 7.46. The van der Waals surface area contributed by atoms with Gasteiger partial charge in [0.15, 0.2) is 0 Å². The summed E-state index contributed by atoms with van der Waals surface area (Å²) in [7, 11) is 0. The average molecular weight is 364 g/mol. The number of carbonyl (C=O) groups excluding carboxylic acids is 1. The van der Waals surface area contributed by atoms with Crippen LogP contribution in [0, 0.1) is 0 Å². The SMILES string of the molecule is O=C(NCC(c1ccco1)N1CCCCC1)c1cncn1-c1ccccc1. The van der Waals surface area contributed by atoms with Gasteiger partial charge in [-0.2, -0.15) is 0 Å². The standard InChI is InChI=1S/C21H24N4O2/c26-21(19-14-22-16-25(19)17-8-3-1-4-9-17)23-15-18(20-10-7-13-27-20)24-11-5-2-6-12-24/h1,3-4,7-10,13-14,16,18H,2,5-6,11-12,15H2,(H,23,26). The number of aromatic nitrogens is 2. The van der Waals surface area contributed by atoms with Gasteiger partial charge in [-0.1, -0.05) is 24.6 Å². The molecular weight excluding hydrogens is 340 g/mol. The number of hydrogen-bond acceptors (Lipinski definition) is 4. The number of para-hydroxylation sites is 1. The third kappa shape index (κ3) is 3.95. The Morgan fingerprint density at radius 3 is 2.67 bits per heavy atom. The Hall–Kier alpha value is -2.86. The van der Waals surface area contributed by atoms with Gasteiger partial charge in [0.05, 0.1) is 24.8 Å². The van der Waals surface area contributed by atoms with Gasteiger partial charge < -0.3 is 9.73 Å². The maximum absolute atomic E-state index is 12.8. The molecule has 1 amide bonds. The quantitative estimate of drug-likeness (QED) is 0.728. The van der Waals surface area contributed by atoms with Gasteiger partial charge in [0.1, 0.15) is 11.5 Å². The van der Waals surface area contributed by atoms with Gasteiger partial charge in [-0.15, -0.1) is 0 Å². The second-order valence-corrected chi connectivity index (χ2v) is 6.82. The Labute approximate surface area is 158 Å². The van der Waals surface area contributed by atoms with Crippen molar-refractivity contribution in [3.05, 3.63) is 72.7 Å². The number of nitrogens with one attached hydrogen (secondary N) is 1. The van der Waals surface area contributed by atoms with E-state index in [1.54, 1.807) is 23.4 Å². The molecule has 1 aliphatic rings. The lowest BCUT2D eigenvalue weighted by atomic mass is 10.1. The average Bonchev–Trinajstić information content (AvgIpc) is 3.42. The van der Waals surface area contributed by atoms with Crippen LogP contribution in [0.1, 0.15) is 41.6 Å². The van der Waals surface area contributed by atoms with Crippen molar-refractivity contribution < 1.29 is 9.21 Å². The highest BCUT2D eigenvalue weighted by atomic mass is 16.3. The highest BCUT2D eigenvalue weighted by Crippen LogP contribution is 2.24. The predicted octanol–water partition coefficient (Wildman–Crippen LogP) is 3.42. The van der Waals surface area contributed by atoms with Crippen molar-refractivity contribution in [3.8, 4) is 5.69 Å². The third-order valence-electron chi connectivity index (χ3n) is 5.06. The first-order chi connectivity index (χ1) is 13.3. The molecule has 140 valence electrons. The van der Waals surface area contributed by atoms with Gasteiger partial charge >= 0.3 is 0 Å². The first-order valence-corrected chi connectivity index (χ1v) is 9.46. The summed E-state index contributed by atoms with van der Waals surface area (Å²) in [6.45, 7) is 2.57. The summed E-state index contributed by atoms with van der Waals surface area (Å²) in [6, 6.07) is 13.7. The summed E-state index contributed by atoms with van der Waals surface area (Å²) in [5, 5.41) is 3.08. The van der Waals surface area contributed by atoms with E-state index in [0.717, 1.165) is 24.5 Å². The van der Waals surface area contributed by atoms with Crippen molar-refractivity contribution in [2.24, 2.45) is 0 Å². The lowest BCUT2D eigenvalue weighted by Crippen LogP contribution is -2.40. The molecule has 0 spiro atoms. The van der Waals surface area contributed by atoms with E-state index in [1.807, 2.05) is 42.5 Å². The van der Waals surface area contributed by atoms with Crippen LogP contribution in [0.3, 0.4) is 0 Å². The summed E-state index contributed by atoms with van der Waals surface area (Å²) in [6.07, 6.45) is 8.60. The number of hydrogen-bond donors (Lipinski definition) is 1. The van der Waals surface area contributed by atoms with Gasteiger partial charge in [0.2, 0.25) is 0 Å². The zero-order valence-corrected chi connectivity index (χ0v) is 15.3. The fraction of sp³-hybridized carbons (Fsp3) is 0.333. The predicted molar refractivity (Wildman–Crippen MR) is 103 cm³/mol. The molecule has 6 heteroatoms. The minimum Gasteiger partial charge on any atom is -0.468 e. The van der Waals surface area contributed by atoms with Crippen molar-refractivity contribution in [2.45, 2.75) is 25.3 Å². The largest absolute Gasteiger partial charge is 0.468 e. The van der Waals surface area contributed by atoms with E-state index >= 15 is 0 Å². The molecule has 1 aromatic carbocycles. The van der Waals surface area contributed by atoms with E-state index in [2.05, 4.69) is 15.2 Å². The van der Waals surface area contributed by atoms with Gasteiger partial charge in [0.25, 0.3) is 5.91 Å². The fourth-order valence-electron chi connectivity index (χ4n) is 3.66. The van der Waals surface area contributed by atoms with Crippen LogP contribution in [0.4, 0.5) is 0 Å². The zero-order chi connectivity index (χ0) is 18.5. The number of furan rings is 1. The van der Waals surface area contributed by atoms with E-state index in [0.29, 0.717) is 12.2 Å². The smallest absolute Gasteiger partial charge is 0.269 e. The highest BCUT2D eigenvalue weighted by Gasteiger charge is 2.25. The van der Waals surface area contributed by atoms with E-state index in [9.17, 15) is 4.79 Å². The van der Waals surface area contributed by atoms with Gasteiger partial charge in [0, 0.05) is 12.2 Å². The number of likely N-dealkylation sites (tertiary alicyclic amines) is 1. The van der Waals surface area contributed by atoms with Gasteiger partial charge in [-0.05, 0) is 50.2 Å². The van der Waals surface area contributed by atoms with Crippen molar-refractivity contribution in [1.82, 2.24) is 19.8 Å². The van der Waals surface area contributed by atoms with Crippen LogP contribution in [0.25, 0.3) is 5.69 Å². The molecule has 1 N–H and O–H groups in total. The summed E-state index contributed by atoms with van der Waals surface area (Å²) in [5.41, 5.74) is 1.44. The molecule has 6 nitrogen and oxygen atoms in total. The van der Waals surface area contributed by atoms with Crippen LogP contribution in [0.15, 0.2) is 65.7 Å². The second-order valence-electron chi connectivity index (χ2n) is 6.82. The molecule has 0 aliphatic carbocycles. The molecule has 1 atom stereocenters. The van der Waals surface area contributed by atoms with Crippen molar-refractivity contribution >= 4 is 5.91 Å². The van der Waals surface area contributed by atoms with Gasteiger partial charge in [-0.3, -0.25) is 14.3 Å². The van der Waals surface area contributed by atoms with E-state index < -0.39 is 0 Å². The molecule has 3 heterocycles. The maximum atomic E-state index is 12.8. The molecular formula is C21H24N4O2. The number of amides is 1. The van der Waals surface area contributed by atoms with Crippen LogP contribution in [-0.2, 0) is 0 Å². The van der Waals surface area contributed by atoms with Crippen LogP contribution < -0.4 is 5.32 Å². The Kier molecular flexibility index (Phi) is 5.34. The molecule has 0 saturated carbocycles. The fourth-order valence-corrected chi connectivity index (χ4v) is 3.66. The molecule has 2 aromatic heterocycles. The normalized spacial score (nSPS) is 16.1. The number of rotatable bonds is 6. The summed E-state index contributed by atoms with van der Waals surface area (Å²) in [5.74, 6) is 0.763. The van der Waals surface area contributed by atoms with Gasteiger partial charge in [-0.25, -0.2) is 4.98 Å². The number of imidazole rings is 1. The first-order valence-electron chi connectivity index (χ1n) is 9.46. The lowest BCUT2D eigenvalue weighted by molar-refractivity contribution is 0.0907. The van der Waals surface area contributed by atoms with Crippen molar-refractivity contribution in [3.63, 3.8) is 0 Å². The Balaban J connectivity index is 1.48. The minimum absolute atomic E-state index is 0.0531. The highest BCUT2D eigenvalue weighted by molar-refractivity contribution is 5.93. The topological polar surface area (TPSA) is 63.3 Å².